The molecular weight excluding hydrogens is 725 g/mol. The zero-order valence-electron chi connectivity index (χ0n) is 33.6. The number of hydrogen-bond donors (Lipinski definition) is 0. The lowest BCUT2D eigenvalue weighted by atomic mass is 9.43. The quantitative estimate of drug-likeness (QED) is 0.174. The second-order valence-electron chi connectivity index (χ2n) is 18.1. The molecular formula is C58H44N2. The fraction of sp³-hybridized carbons (Fsp3) is 0.172. The van der Waals surface area contributed by atoms with Crippen LogP contribution in [0.4, 0.5) is 0 Å². The fourth-order valence-corrected chi connectivity index (χ4v) is 12.9. The van der Waals surface area contributed by atoms with Crippen molar-refractivity contribution >= 4 is 21.5 Å². The van der Waals surface area contributed by atoms with Crippen molar-refractivity contribution in [3.63, 3.8) is 0 Å². The third-order valence-corrected chi connectivity index (χ3v) is 15.0. The molecule has 0 unspecified atom stereocenters. The number of fused-ring (bicyclic) bond motifs is 5. The molecule has 4 fully saturated rings. The van der Waals surface area contributed by atoms with E-state index in [-0.39, 0.29) is 5.41 Å². The molecule has 9 aromatic rings. The minimum atomic E-state index is 0.107. The highest BCUT2D eigenvalue weighted by molar-refractivity contribution is 6.09. The highest BCUT2D eigenvalue weighted by Gasteiger charge is 2.61. The molecule has 4 saturated carbocycles. The van der Waals surface area contributed by atoms with Gasteiger partial charge in [0, 0.05) is 22.1 Å². The fourth-order valence-electron chi connectivity index (χ4n) is 12.9. The highest BCUT2D eigenvalue weighted by Crippen LogP contribution is 2.70. The average molecular weight is 769 g/mol. The Balaban J connectivity index is 0.971. The molecule has 286 valence electrons. The Hall–Kier alpha value is -6.64. The molecule has 0 saturated heterocycles. The van der Waals surface area contributed by atoms with Crippen LogP contribution in [0.25, 0.3) is 88.8 Å². The molecule has 1 spiro atoms. The zero-order chi connectivity index (χ0) is 39.4. The maximum absolute atomic E-state index is 5.17. The zero-order valence-corrected chi connectivity index (χ0v) is 33.6. The first-order chi connectivity index (χ1) is 29.7. The van der Waals surface area contributed by atoms with E-state index in [1.807, 2.05) is 12.1 Å². The van der Waals surface area contributed by atoms with Gasteiger partial charge < -0.3 is 0 Å². The largest absolute Gasteiger partial charge is 0.228 e. The summed E-state index contributed by atoms with van der Waals surface area (Å²) in [6.45, 7) is 0. The van der Waals surface area contributed by atoms with Crippen LogP contribution in [-0.4, -0.2) is 9.97 Å². The molecule has 8 aromatic carbocycles. The molecule has 2 heteroatoms. The van der Waals surface area contributed by atoms with E-state index in [1.165, 1.54) is 87.0 Å². The Morgan fingerprint density at radius 3 is 1.67 bits per heavy atom. The van der Waals surface area contributed by atoms with Gasteiger partial charge in [-0.15, -0.1) is 0 Å². The molecule has 14 rings (SSSR count). The molecule has 0 radical (unpaired) electrons. The van der Waals surface area contributed by atoms with Gasteiger partial charge in [-0.3, -0.25) is 0 Å². The van der Waals surface area contributed by atoms with Crippen LogP contribution in [-0.2, 0) is 5.41 Å². The first-order valence-electron chi connectivity index (χ1n) is 22.0. The van der Waals surface area contributed by atoms with Crippen molar-refractivity contribution < 1.29 is 0 Å². The highest BCUT2D eigenvalue weighted by atomic mass is 14.9. The van der Waals surface area contributed by atoms with E-state index in [4.69, 9.17) is 9.97 Å². The Morgan fingerprint density at radius 1 is 0.367 bits per heavy atom. The topological polar surface area (TPSA) is 25.8 Å². The van der Waals surface area contributed by atoms with Gasteiger partial charge in [0.05, 0.1) is 11.4 Å². The van der Waals surface area contributed by atoms with Crippen molar-refractivity contribution in [3.8, 4) is 67.3 Å². The van der Waals surface area contributed by atoms with Crippen LogP contribution >= 0.6 is 0 Å². The smallest absolute Gasteiger partial charge is 0.160 e. The van der Waals surface area contributed by atoms with Gasteiger partial charge in [-0.1, -0.05) is 158 Å². The van der Waals surface area contributed by atoms with Crippen molar-refractivity contribution in [1.82, 2.24) is 9.97 Å². The van der Waals surface area contributed by atoms with Crippen LogP contribution in [0, 0.1) is 23.7 Å². The summed E-state index contributed by atoms with van der Waals surface area (Å²) in [5, 5.41) is 5.28. The predicted molar refractivity (Wildman–Crippen MR) is 247 cm³/mol. The van der Waals surface area contributed by atoms with Crippen LogP contribution in [0.2, 0.25) is 0 Å². The van der Waals surface area contributed by atoms with Crippen molar-refractivity contribution in [3.05, 3.63) is 193 Å². The van der Waals surface area contributed by atoms with E-state index in [2.05, 4.69) is 170 Å². The molecule has 1 heterocycles. The van der Waals surface area contributed by atoms with E-state index in [1.54, 1.807) is 11.1 Å². The second-order valence-corrected chi connectivity index (χ2v) is 18.1. The van der Waals surface area contributed by atoms with Crippen LogP contribution < -0.4 is 0 Å². The van der Waals surface area contributed by atoms with Gasteiger partial charge in [0.25, 0.3) is 0 Å². The Morgan fingerprint density at radius 2 is 0.933 bits per heavy atom. The van der Waals surface area contributed by atoms with E-state index < -0.39 is 0 Å². The van der Waals surface area contributed by atoms with Gasteiger partial charge >= 0.3 is 0 Å². The Labute approximate surface area is 351 Å². The maximum Gasteiger partial charge on any atom is 0.160 e. The minimum Gasteiger partial charge on any atom is -0.228 e. The molecule has 0 aliphatic heterocycles. The third kappa shape index (κ3) is 5.07. The van der Waals surface area contributed by atoms with Gasteiger partial charge in [0.1, 0.15) is 0 Å². The van der Waals surface area contributed by atoms with Crippen LogP contribution in [0.15, 0.2) is 182 Å². The van der Waals surface area contributed by atoms with Crippen molar-refractivity contribution in [2.24, 2.45) is 23.7 Å². The SMILES string of the molecule is c1ccc(-c2cc(-c3cccc(-c4ccc(-c5cccc6c5-c5cc7ccccc7cc5C65C6CC7CC(C6)CC5C7)c5ccccc45)c3)nc(-c3ccccc3)n2)cc1. The second kappa shape index (κ2) is 13.2. The van der Waals surface area contributed by atoms with Crippen molar-refractivity contribution in [2.75, 3.05) is 0 Å². The van der Waals surface area contributed by atoms with Crippen LogP contribution in [0.3, 0.4) is 0 Å². The lowest BCUT2D eigenvalue weighted by Crippen LogP contribution is -2.55. The van der Waals surface area contributed by atoms with Crippen molar-refractivity contribution in [2.45, 2.75) is 37.5 Å². The Kier molecular flexibility index (Phi) is 7.52. The minimum absolute atomic E-state index is 0.107. The summed E-state index contributed by atoms with van der Waals surface area (Å²) in [6, 6.07) is 67.2. The average Bonchev–Trinajstić information content (AvgIpc) is 3.59. The third-order valence-electron chi connectivity index (χ3n) is 15.0. The number of benzene rings is 8. The first-order valence-corrected chi connectivity index (χ1v) is 22.0. The maximum atomic E-state index is 5.17. The van der Waals surface area contributed by atoms with Gasteiger partial charge in [-0.2, -0.15) is 0 Å². The molecule has 2 nitrogen and oxygen atoms in total. The molecule has 5 aliphatic rings. The van der Waals surface area contributed by atoms with Crippen LogP contribution in [0.5, 0.6) is 0 Å². The summed E-state index contributed by atoms with van der Waals surface area (Å²) in [5.41, 5.74) is 16.4. The number of rotatable bonds is 5. The summed E-state index contributed by atoms with van der Waals surface area (Å²) in [6.07, 6.45) is 7.00. The number of aromatic nitrogens is 2. The lowest BCUT2D eigenvalue weighted by Gasteiger charge is -2.61. The molecule has 0 atom stereocenters. The monoisotopic (exact) mass is 768 g/mol. The van der Waals surface area contributed by atoms with E-state index in [9.17, 15) is 0 Å². The number of nitrogens with zero attached hydrogens (tertiary/aromatic N) is 2. The van der Waals surface area contributed by atoms with Crippen molar-refractivity contribution in [1.29, 1.82) is 0 Å². The van der Waals surface area contributed by atoms with Gasteiger partial charge in [0.2, 0.25) is 0 Å². The van der Waals surface area contributed by atoms with Gasteiger partial charge in [-0.05, 0) is 146 Å². The summed E-state index contributed by atoms with van der Waals surface area (Å²) in [4.78, 5) is 10.2. The van der Waals surface area contributed by atoms with Gasteiger partial charge in [-0.25, -0.2) is 9.97 Å². The normalized spacial score (nSPS) is 22.1. The summed E-state index contributed by atoms with van der Waals surface area (Å²) in [7, 11) is 0. The molecule has 1 aromatic heterocycles. The van der Waals surface area contributed by atoms with E-state index in [0.717, 1.165) is 57.6 Å². The molecule has 5 aliphatic carbocycles. The summed E-state index contributed by atoms with van der Waals surface area (Å²) >= 11 is 0. The summed E-state index contributed by atoms with van der Waals surface area (Å²) in [5.74, 6) is 4.00. The summed E-state index contributed by atoms with van der Waals surface area (Å²) < 4.78 is 0. The van der Waals surface area contributed by atoms with Crippen LogP contribution in [0.1, 0.15) is 43.2 Å². The lowest BCUT2D eigenvalue weighted by molar-refractivity contribution is -0.0398. The number of hydrogen-bond acceptors (Lipinski definition) is 2. The molecule has 0 amide bonds. The van der Waals surface area contributed by atoms with Gasteiger partial charge in [0.15, 0.2) is 5.82 Å². The predicted octanol–water partition coefficient (Wildman–Crippen LogP) is 14.8. The molecule has 0 N–H and O–H groups in total. The molecule has 4 bridgehead atoms. The standard InChI is InChI=1S/C58H44N2/c1-3-13-38(14-4-1)54-35-55(60-57(59-54)39-15-5-2-6-16-39)43-20-11-19-42(32-43)46-25-26-49(48-22-10-9-21-47(46)48)50-23-12-24-52-56(50)51-33-40-17-7-8-18-41(40)34-53(51)58(52)44-28-36-27-37(30-44)31-45(58)29-36/h1-26,32-37,44-45H,27-31H2. The molecule has 60 heavy (non-hydrogen) atoms. The van der Waals surface area contributed by atoms with E-state index in [0.29, 0.717) is 0 Å². The first kappa shape index (κ1) is 34.2. The van der Waals surface area contributed by atoms with E-state index >= 15 is 0 Å². The Bertz CT molecular complexity index is 3080.